The van der Waals surface area contributed by atoms with Crippen LogP contribution in [0.1, 0.15) is 27.2 Å². The highest BCUT2D eigenvalue weighted by molar-refractivity contribution is 6.30. The van der Waals surface area contributed by atoms with Crippen LogP contribution in [0.5, 0.6) is 11.5 Å². The molecule has 0 saturated heterocycles. The Morgan fingerprint density at radius 2 is 1.77 bits per heavy atom. The molecule has 2 aromatic carbocycles. The van der Waals surface area contributed by atoms with Gasteiger partial charge in [0.25, 0.3) is 0 Å². The molecule has 0 bridgehead atoms. The summed E-state index contributed by atoms with van der Waals surface area (Å²) in [5.41, 5.74) is 2.21. The van der Waals surface area contributed by atoms with Gasteiger partial charge < -0.3 is 14.4 Å². The lowest BCUT2D eigenvalue weighted by Gasteiger charge is -2.23. The first-order valence-corrected chi connectivity index (χ1v) is 11.8. The second-order valence-electron chi connectivity index (χ2n) is 8.44. The van der Waals surface area contributed by atoms with Gasteiger partial charge in [-0.1, -0.05) is 44.5 Å². The number of imidazole rings is 1. The molecule has 3 rings (SSSR count). The first-order chi connectivity index (χ1) is 16.7. The number of carbonyl (C=O) groups excluding carboxylic acids is 2. The minimum absolute atomic E-state index is 0.0556. The van der Waals surface area contributed by atoms with E-state index in [1.165, 1.54) is 0 Å². The standard InChI is InChI=1S/C26H31ClN4O4/c1-6-25(33)30(14-17(2)3)16-24(32)29-26-28-21(18-7-9-19(27)10-8-18)15-31(26)20-11-12-22(34-4)23(13-20)35-5/h7-13,15,17H,6,14,16H2,1-5H3,(H,28,29,32). The summed E-state index contributed by atoms with van der Waals surface area (Å²) in [7, 11) is 3.13. The fraction of sp³-hybridized carbons (Fsp3) is 0.346. The monoisotopic (exact) mass is 498 g/mol. The highest BCUT2D eigenvalue weighted by atomic mass is 35.5. The van der Waals surface area contributed by atoms with Gasteiger partial charge in [-0.05, 0) is 30.2 Å². The Bertz CT molecular complexity index is 1170. The van der Waals surface area contributed by atoms with Crippen molar-refractivity contribution >= 4 is 29.4 Å². The Kier molecular flexibility index (Phi) is 8.76. The number of methoxy groups -OCH3 is 2. The molecule has 8 nitrogen and oxygen atoms in total. The van der Waals surface area contributed by atoms with Gasteiger partial charge in [-0.15, -0.1) is 0 Å². The molecule has 0 aliphatic carbocycles. The van der Waals surface area contributed by atoms with Gasteiger partial charge in [-0.2, -0.15) is 0 Å². The number of rotatable bonds is 10. The van der Waals surface area contributed by atoms with E-state index in [2.05, 4.69) is 10.3 Å². The van der Waals surface area contributed by atoms with E-state index in [0.29, 0.717) is 46.8 Å². The zero-order valence-electron chi connectivity index (χ0n) is 20.7. The van der Waals surface area contributed by atoms with Crippen molar-refractivity contribution in [1.29, 1.82) is 0 Å². The maximum absolute atomic E-state index is 13.0. The molecule has 186 valence electrons. The van der Waals surface area contributed by atoms with Crippen molar-refractivity contribution in [3.05, 3.63) is 53.7 Å². The summed E-state index contributed by atoms with van der Waals surface area (Å²) in [6.07, 6.45) is 2.16. The number of halogens is 1. The van der Waals surface area contributed by atoms with Crippen LogP contribution in [-0.4, -0.2) is 53.6 Å². The molecule has 0 aliphatic rings. The van der Waals surface area contributed by atoms with E-state index in [4.69, 9.17) is 21.1 Å². The van der Waals surface area contributed by atoms with E-state index in [1.54, 1.807) is 54.9 Å². The molecule has 0 fully saturated rings. The van der Waals surface area contributed by atoms with Gasteiger partial charge in [-0.25, -0.2) is 4.98 Å². The van der Waals surface area contributed by atoms with Gasteiger partial charge in [0, 0.05) is 35.8 Å². The predicted octanol–water partition coefficient (Wildman–Crippen LogP) is 5.04. The zero-order valence-corrected chi connectivity index (χ0v) is 21.4. The van der Waals surface area contributed by atoms with Crippen LogP contribution in [0.15, 0.2) is 48.7 Å². The van der Waals surface area contributed by atoms with Crippen molar-refractivity contribution in [3.63, 3.8) is 0 Å². The van der Waals surface area contributed by atoms with Crippen LogP contribution in [0, 0.1) is 5.92 Å². The SMILES string of the molecule is CCC(=O)N(CC(=O)Nc1nc(-c2ccc(Cl)cc2)cn1-c1ccc(OC)c(OC)c1)CC(C)C. The Labute approximate surface area is 210 Å². The lowest BCUT2D eigenvalue weighted by Crippen LogP contribution is -2.40. The van der Waals surface area contributed by atoms with E-state index >= 15 is 0 Å². The number of ether oxygens (including phenoxy) is 2. The van der Waals surface area contributed by atoms with Crippen LogP contribution in [0.3, 0.4) is 0 Å². The van der Waals surface area contributed by atoms with Gasteiger partial charge >= 0.3 is 0 Å². The topological polar surface area (TPSA) is 85.7 Å². The van der Waals surface area contributed by atoms with E-state index in [9.17, 15) is 9.59 Å². The van der Waals surface area contributed by atoms with Gasteiger partial charge in [0.05, 0.1) is 32.1 Å². The molecule has 3 aromatic rings. The third-order valence-electron chi connectivity index (χ3n) is 5.32. The largest absolute Gasteiger partial charge is 0.493 e. The fourth-order valence-electron chi connectivity index (χ4n) is 3.66. The first-order valence-electron chi connectivity index (χ1n) is 11.4. The minimum Gasteiger partial charge on any atom is -0.493 e. The Morgan fingerprint density at radius 1 is 1.09 bits per heavy atom. The van der Waals surface area contributed by atoms with E-state index < -0.39 is 0 Å². The third kappa shape index (κ3) is 6.54. The number of nitrogens with one attached hydrogen (secondary N) is 1. The summed E-state index contributed by atoms with van der Waals surface area (Å²) in [6, 6.07) is 12.7. The zero-order chi connectivity index (χ0) is 25.5. The molecule has 1 heterocycles. The number of hydrogen-bond acceptors (Lipinski definition) is 5. The van der Waals surface area contributed by atoms with Crippen molar-refractivity contribution in [1.82, 2.24) is 14.5 Å². The molecule has 0 spiro atoms. The Morgan fingerprint density at radius 3 is 2.37 bits per heavy atom. The van der Waals surface area contributed by atoms with Crippen molar-refractivity contribution in [3.8, 4) is 28.4 Å². The summed E-state index contributed by atoms with van der Waals surface area (Å²) in [4.78, 5) is 31.6. The molecular formula is C26H31ClN4O4. The van der Waals surface area contributed by atoms with Gasteiger partial charge in [0.2, 0.25) is 17.8 Å². The summed E-state index contributed by atoms with van der Waals surface area (Å²) < 4.78 is 12.6. The molecule has 0 aliphatic heterocycles. The second-order valence-corrected chi connectivity index (χ2v) is 8.87. The summed E-state index contributed by atoms with van der Waals surface area (Å²) in [5, 5.41) is 3.50. The lowest BCUT2D eigenvalue weighted by atomic mass is 10.2. The average Bonchev–Trinajstić information content (AvgIpc) is 3.26. The number of anilines is 1. The average molecular weight is 499 g/mol. The molecule has 0 unspecified atom stereocenters. The van der Waals surface area contributed by atoms with Crippen LogP contribution in [0.25, 0.3) is 16.9 Å². The van der Waals surface area contributed by atoms with Crippen molar-refractivity contribution in [2.75, 3.05) is 32.6 Å². The molecule has 35 heavy (non-hydrogen) atoms. The number of hydrogen-bond donors (Lipinski definition) is 1. The van der Waals surface area contributed by atoms with Gasteiger partial charge in [0.1, 0.15) is 0 Å². The molecule has 9 heteroatoms. The summed E-state index contributed by atoms with van der Waals surface area (Å²) in [6.45, 7) is 6.25. The summed E-state index contributed by atoms with van der Waals surface area (Å²) in [5.74, 6) is 1.29. The van der Waals surface area contributed by atoms with Gasteiger partial charge in [0.15, 0.2) is 11.5 Å². The number of amides is 2. The van der Waals surface area contributed by atoms with Crippen LogP contribution in [0.2, 0.25) is 5.02 Å². The number of benzene rings is 2. The molecule has 0 atom stereocenters. The molecule has 1 N–H and O–H groups in total. The van der Waals surface area contributed by atoms with Crippen LogP contribution in [-0.2, 0) is 9.59 Å². The third-order valence-corrected chi connectivity index (χ3v) is 5.57. The normalized spacial score (nSPS) is 10.8. The number of carbonyl (C=O) groups is 2. The van der Waals surface area contributed by atoms with Crippen LogP contribution < -0.4 is 14.8 Å². The van der Waals surface area contributed by atoms with Gasteiger partial charge in [-0.3, -0.25) is 19.5 Å². The molecule has 0 radical (unpaired) electrons. The van der Waals surface area contributed by atoms with E-state index in [0.717, 1.165) is 5.56 Å². The maximum Gasteiger partial charge on any atom is 0.246 e. The second kappa shape index (κ2) is 11.8. The van der Waals surface area contributed by atoms with Crippen molar-refractivity contribution in [2.45, 2.75) is 27.2 Å². The lowest BCUT2D eigenvalue weighted by molar-refractivity contribution is -0.134. The van der Waals surface area contributed by atoms with Crippen LogP contribution >= 0.6 is 11.6 Å². The number of aromatic nitrogens is 2. The minimum atomic E-state index is -0.331. The molecule has 1 aromatic heterocycles. The fourth-order valence-corrected chi connectivity index (χ4v) is 3.78. The molecular weight excluding hydrogens is 468 g/mol. The van der Waals surface area contributed by atoms with Crippen molar-refractivity contribution in [2.24, 2.45) is 5.92 Å². The number of nitrogens with zero attached hydrogens (tertiary/aromatic N) is 3. The predicted molar refractivity (Wildman–Crippen MR) is 137 cm³/mol. The van der Waals surface area contributed by atoms with Crippen molar-refractivity contribution < 1.29 is 19.1 Å². The van der Waals surface area contributed by atoms with Crippen LogP contribution in [0.4, 0.5) is 5.95 Å². The molecule has 2 amide bonds. The molecule has 0 saturated carbocycles. The maximum atomic E-state index is 13.0. The van der Waals surface area contributed by atoms with E-state index in [-0.39, 0.29) is 24.3 Å². The Balaban J connectivity index is 1.98. The highest BCUT2D eigenvalue weighted by Gasteiger charge is 2.20. The summed E-state index contributed by atoms with van der Waals surface area (Å²) >= 11 is 6.04. The first kappa shape index (κ1) is 26.1. The Hall–Kier alpha value is -3.52. The quantitative estimate of drug-likeness (QED) is 0.423. The smallest absolute Gasteiger partial charge is 0.246 e. The highest BCUT2D eigenvalue weighted by Crippen LogP contribution is 2.32. The van der Waals surface area contributed by atoms with E-state index in [1.807, 2.05) is 38.2 Å².